The average molecular weight is 223 g/mol. The van der Waals surface area contributed by atoms with Crippen LogP contribution in [-0.2, 0) is 12.5 Å². The lowest BCUT2D eigenvalue weighted by molar-refractivity contribution is -0.136. The number of benzene rings is 1. The van der Waals surface area contributed by atoms with Gasteiger partial charge in [-0.25, -0.2) is 0 Å². The zero-order chi connectivity index (χ0) is 15.9. The Labute approximate surface area is 92.5 Å². The van der Waals surface area contributed by atoms with Gasteiger partial charge in [0.1, 0.15) is 0 Å². The third-order valence-electron chi connectivity index (χ3n) is 1.78. The Morgan fingerprint density at radius 1 is 1.47 bits per heavy atom. The predicted octanol–water partition coefficient (Wildman–Crippen LogP) is 0.948. The van der Waals surface area contributed by atoms with Crippen LogP contribution in [0.25, 0.3) is 0 Å². The summed E-state index contributed by atoms with van der Waals surface area (Å²) < 4.78 is 74.2. The van der Waals surface area contributed by atoms with E-state index >= 15 is 0 Å². The summed E-state index contributed by atoms with van der Waals surface area (Å²) in [7, 11) is -2.40. The molecular formula is C9H10BF3O2. The second-order valence-corrected chi connectivity index (χ2v) is 2.80. The molecule has 0 aliphatic rings. The molecule has 0 amide bonds. The summed E-state index contributed by atoms with van der Waals surface area (Å²) in [6, 6.07) is 1.71. The predicted molar refractivity (Wildman–Crippen MR) is 50.6 cm³/mol. The minimum absolute atomic E-state index is 0.279. The molecule has 0 radical (unpaired) electrons. The second-order valence-electron chi connectivity index (χ2n) is 2.80. The lowest BCUT2D eigenvalue weighted by Crippen LogP contribution is -2.36. The molecule has 0 heterocycles. The van der Waals surface area contributed by atoms with Crippen molar-refractivity contribution < 1.29 is 30.1 Å². The Balaban J connectivity index is 3.49. The number of rotatable bonds is 2. The SMILES string of the molecule is [2H]C([2H])([2H])C([2H])([2H])c1ccc(B(O)O)c(C(F)(F)F)c1. The summed E-state index contributed by atoms with van der Waals surface area (Å²) >= 11 is 0. The van der Waals surface area contributed by atoms with E-state index in [0.717, 1.165) is 6.07 Å². The van der Waals surface area contributed by atoms with Gasteiger partial charge in [0.15, 0.2) is 0 Å². The van der Waals surface area contributed by atoms with E-state index in [2.05, 4.69) is 0 Å². The number of hydrogen-bond donors (Lipinski definition) is 2. The molecule has 0 aromatic heterocycles. The fraction of sp³-hybridized carbons (Fsp3) is 0.333. The van der Waals surface area contributed by atoms with Crippen LogP contribution >= 0.6 is 0 Å². The monoisotopic (exact) mass is 223 g/mol. The van der Waals surface area contributed by atoms with Crippen molar-refractivity contribution in [2.24, 2.45) is 0 Å². The van der Waals surface area contributed by atoms with Gasteiger partial charge in [0.05, 0.1) is 5.56 Å². The number of aryl methyl sites for hydroxylation is 1. The lowest BCUT2D eigenvalue weighted by atomic mass is 9.76. The summed E-state index contributed by atoms with van der Waals surface area (Å²) in [5.41, 5.74) is -3.07. The fourth-order valence-electron chi connectivity index (χ4n) is 1.10. The molecule has 0 saturated heterocycles. The quantitative estimate of drug-likeness (QED) is 0.732. The van der Waals surface area contributed by atoms with E-state index in [4.69, 9.17) is 16.9 Å². The summed E-state index contributed by atoms with van der Waals surface area (Å²) in [6.07, 6.45) is -7.97. The molecule has 82 valence electrons. The molecule has 0 fully saturated rings. The topological polar surface area (TPSA) is 40.5 Å². The number of alkyl halides is 3. The van der Waals surface area contributed by atoms with Crippen molar-refractivity contribution in [3.63, 3.8) is 0 Å². The largest absolute Gasteiger partial charge is 0.489 e. The van der Waals surface area contributed by atoms with E-state index in [1.807, 2.05) is 0 Å². The highest BCUT2D eigenvalue weighted by Gasteiger charge is 2.36. The minimum atomic E-state index is -4.97. The average Bonchev–Trinajstić information content (AvgIpc) is 2.25. The Hall–Kier alpha value is -1.01. The number of halogens is 3. The summed E-state index contributed by atoms with van der Waals surface area (Å²) in [4.78, 5) is 0. The first-order valence-corrected chi connectivity index (χ1v) is 3.86. The molecule has 1 rings (SSSR count). The highest BCUT2D eigenvalue weighted by Crippen LogP contribution is 2.28. The zero-order valence-electron chi connectivity index (χ0n) is 12.3. The van der Waals surface area contributed by atoms with Gasteiger partial charge in [-0.2, -0.15) is 13.2 Å². The van der Waals surface area contributed by atoms with E-state index in [1.165, 1.54) is 0 Å². The summed E-state index contributed by atoms with van der Waals surface area (Å²) in [5.74, 6) is 0. The van der Waals surface area contributed by atoms with Crippen molar-refractivity contribution in [2.75, 3.05) is 0 Å². The molecule has 15 heavy (non-hydrogen) atoms. The van der Waals surface area contributed by atoms with Crippen LogP contribution < -0.4 is 5.46 Å². The maximum Gasteiger partial charge on any atom is 0.489 e. The first-order chi connectivity index (χ1) is 8.78. The van der Waals surface area contributed by atoms with Gasteiger partial charge in [-0.15, -0.1) is 0 Å². The lowest BCUT2D eigenvalue weighted by Gasteiger charge is -2.13. The van der Waals surface area contributed by atoms with Gasteiger partial charge in [0, 0.05) is 6.85 Å². The molecule has 2 nitrogen and oxygen atoms in total. The van der Waals surface area contributed by atoms with E-state index in [9.17, 15) is 13.2 Å². The standard InChI is InChI=1S/C9H10BF3O2/c1-2-6-3-4-8(10(14)15)7(5-6)9(11,12)13/h3-5,14-15H,2H2,1H3/i1D3,2D2. The fourth-order valence-corrected chi connectivity index (χ4v) is 1.10. The van der Waals surface area contributed by atoms with Crippen molar-refractivity contribution in [1.29, 1.82) is 0 Å². The highest BCUT2D eigenvalue weighted by molar-refractivity contribution is 6.59. The molecule has 0 bridgehead atoms. The van der Waals surface area contributed by atoms with Crippen LogP contribution in [0.5, 0.6) is 0 Å². The molecule has 2 N–H and O–H groups in total. The van der Waals surface area contributed by atoms with E-state index in [1.54, 1.807) is 0 Å². The van der Waals surface area contributed by atoms with Gasteiger partial charge in [0.25, 0.3) is 0 Å². The molecule has 0 spiro atoms. The smallest absolute Gasteiger partial charge is 0.423 e. The van der Waals surface area contributed by atoms with Crippen LogP contribution in [0.2, 0.25) is 0 Å². The first-order valence-electron chi connectivity index (χ1n) is 6.36. The van der Waals surface area contributed by atoms with Gasteiger partial charge < -0.3 is 10.0 Å². The zero-order valence-corrected chi connectivity index (χ0v) is 7.34. The molecule has 1 aromatic carbocycles. The van der Waals surface area contributed by atoms with Gasteiger partial charge >= 0.3 is 13.3 Å². The van der Waals surface area contributed by atoms with Crippen molar-refractivity contribution in [2.45, 2.75) is 19.4 Å². The Kier molecular flexibility index (Phi) is 1.85. The van der Waals surface area contributed by atoms with Gasteiger partial charge in [-0.1, -0.05) is 19.0 Å². The van der Waals surface area contributed by atoms with Crippen molar-refractivity contribution in [3.05, 3.63) is 29.3 Å². The van der Waals surface area contributed by atoms with Gasteiger partial charge in [-0.05, 0) is 23.5 Å². The van der Waals surface area contributed by atoms with E-state index in [-0.39, 0.29) is 6.07 Å². The van der Waals surface area contributed by atoms with Crippen molar-refractivity contribution in [1.82, 2.24) is 0 Å². The number of hydrogen-bond acceptors (Lipinski definition) is 2. The summed E-state index contributed by atoms with van der Waals surface area (Å²) in [5, 5.41) is 17.7. The second kappa shape index (κ2) is 4.24. The molecule has 0 aliphatic heterocycles. The van der Waals surface area contributed by atoms with Crippen LogP contribution in [0.4, 0.5) is 13.2 Å². The maximum atomic E-state index is 12.8. The van der Waals surface area contributed by atoms with Crippen LogP contribution in [0.1, 0.15) is 24.8 Å². The third kappa shape index (κ3) is 2.73. The maximum absolute atomic E-state index is 12.8. The first kappa shape index (κ1) is 6.55. The molecule has 0 unspecified atom stereocenters. The molecular weight excluding hydrogens is 208 g/mol. The van der Waals surface area contributed by atoms with Gasteiger partial charge in [-0.3, -0.25) is 0 Å². The highest BCUT2D eigenvalue weighted by atomic mass is 19.4. The molecule has 0 saturated carbocycles. The molecule has 6 heteroatoms. The van der Waals surface area contributed by atoms with Crippen LogP contribution in [-0.4, -0.2) is 17.2 Å². The minimum Gasteiger partial charge on any atom is -0.423 e. The summed E-state index contributed by atoms with van der Waals surface area (Å²) in [6.45, 7) is -3.16. The van der Waals surface area contributed by atoms with Gasteiger partial charge in [0.2, 0.25) is 0 Å². The van der Waals surface area contributed by atoms with Crippen molar-refractivity contribution in [3.8, 4) is 0 Å². The molecule has 1 aromatic rings. The van der Waals surface area contributed by atoms with E-state index < -0.39 is 43.1 Å². The Morgan fingerprint density at radius 2 is 2.13 bits per heavy atom. The molecule has 0 atom stereocenters. The normalized spacial score (nSPS) is 18.3. The third-order valence-corrected chi connectivity index (χ3v) is 1.78. The van der Waals surface area contributed by atoms with Crippen LogP contribution in [0, 0.1) is 0 Å². The van der Waals surface area contributed by atoms with Crippen LogP contribution in [0.15, 0.2) is 18.2 Å². The van der Waals surface area contributed by atoms with E-state index in [0.29, 0.717) is 6.07 Å². The Bertz CT molecular complexity index is 501. The Morgan fingerprint density at radius 3 is 2.60 bits per heavy atom. The van der Waals surface area contributed by atoms with Crippen LogP contribution in [0.3, 0.4) is 0 Å². The molecule has 0 aliphatic carbocycles. The van der Waals surface area contributed by atoms with Crippen molar-refractivity contribution >= 4 is 12.6 Å².